The number of aromatic nitrogens is 1. The molecule has 1 aromatic carbocycles. The smallest absolute Gasteiger partial charge is 0.439 e. The Balaban J connectivity index is 1.71. The number of cyclic esters (lactones) is 1. The van der Waals surface area contributed by atoms with Crippen molar-refractivity contribution in [2.24, 2.45) is 0 Å². The molecule has 26 heavy (non-hydrogen) atoms. The highest BCUT2D eigenvalue weighted by molar-refractivity contribution is 5.70. The lowest BCUT2D eigenvalue weighted by atomic mass is 9.99. The van der Waals surface area contributed by atoms with E-state index in [1.165, 1.54) is 24.3 Å². The van der Waals surface area contributed by atoms with Crippen LogP contribution >= 0.6 is 0 Å². The van der Waals surface area contributed by atoms with Crippen LogP contribution < -0.4 is 10.1 Å². The summed E-state index contributed by atoms with van der Waals surface area (Å²) in [5.41, 5.74) is 0.495. The molecule has 2 aromatic rings. The van der Waals surface area contributed by atoms with E-state index >= 15 is 0 Å². The van der Waals surface area contributed by atoms with Gasteiger partial charge >= 0.3 is 18.6 Å². The van der Waals surface area contributed by atoms with Crippen LogP contribution in [-0.2, 0) is 11.2 Å². The second-order valence-electron chi connectivity index (χ2n) is 5.43. The molecular formula is C15H11F5N2O4. The van der Waals surface area contributed by atoms with Crippen LogP contribution in [-0.4, -0.2) is 29.8 Å². The first kappa shape index (κ1) is 18.0. The first-order chi connectivity index (χ1) is 12.2. The number of nitrogens with one attached hydrogen (secondary N) is 1. The zero-order valence-electron chi connectivity index (χ0n) is 12.8. The summed E-state index contributed by atoms with van der Waals surface area (Å²) in [5.74, 6) is -1.30. The fraction of sp³-hybridized carbons (Fsp3) is 0.333. The predicted molar refractivity (Wildman–Crippen MR) is 74.3 cm³/mol. The van der Waals surface area contributed by atoms with Crippen molar-refractivity contribution >= 4 is 6.09 Å². The number of hydrogen-bond acceptors (Lipinski definition) is 5. The Hall–Kier alpha value is -2.85. The molecule has 1 amide bonds. The van der Waals surface area contributed by atoms with E-state index in [0.717, 1.165) is 6.07 Å². The van der Waals surface area contributed by atoms with Crippen LogP contribution in [0, 0.1) is 5.82 Å². The molecule has 140 valence electrons. The van der Waals surface area contributed by atoms with Crippen LogP contribution in [0.25, 0.3) is 0 Å². The van der Waals surface area contributed by atoms with Gasteiger partial charge in [-0.25, -0.2) is 9.18 Å². The molecule has 11 heteroatoms. The molecule has 0 radical (unpaired) electrons. The molecule has 1 N–H and O–H groups in total. The maximum absolute atomic E-state index is 13.0. The van der Waals surface area contributed by atoms with Gasteiger partial charge in [-0.2, -0.15) is 17.6 Å². The van der Waals surface area contributed by atoms with Crippen LogP contribution in [0.4, 0.5) is 26.7 Å². The Kier molecular flexibility index (Phi) is 4.70. The summed E-state index contributed by atoms with van der Waals surface area (Å²) in [6.07, 6.45) is -10.3. The third-order valence-electron chi connectivity index (χ3n) is 3.55. The molecule has 1 aromatic heterocycles. The maximum atomic E-state index is 13.0. The number of nitrogens with zero attached hydrogens (tertiary/aromatic N) is 1. The molecule has 3 rings (SSSR count). The predicted octanol–water partition coefficient (Wildman–Crippen LogP) is 3.44. The lowest BCUT2D eigenvalue weighted by Crippen LogP contribution is -2.33. The van der Waals surface area contributed by atoms with Gasteiger partial charge in [-0.3, -0.25) is 0 Å². The minimum absolute atomic E-state index is 0.00650. The molecule has 1 aliphatic heterocycles. The third-order valence-corrected chi connectivity index (χ3v) is 3.55. The summed E-state index contributed by atoms with van der Waals surface area (Å²) < 4.78 is 76.6. The summed E-state index contributed by atoms with van der Waals surface area (Å²) in [6.45, 7) is 0. The molecule has 0 spiro atoms. The zero-order chi connectivity index (χ0) is 18.9. The van der Waals surface area contributed by atoms with Crippen LogP contribution in [0.3, 0.4) is 0 Å². The van der Waals surface area contributed by atoms with E-state index in [9.17, 15) is 26.7 Å². The quantitative estimate of drug-likeness (QED) is 0.780. The first-order valence-electron chi connectivity index (χ1n) is 7.28. The molecular weight excluding hydrogens is 367 g/mol. The molecule has 0 saturated carbocycles. The number of halogens is 5. The number of ether oxygens (including phenoxy) is 2. The Bertz CT molecular complexity index is 781. The average Bonchev–Trinajstić information content (AvgIpc) is 3.14. The molecule has 0 bridgehead atoms. The van der Waals surface area contributed by atoms with Crippen molar-refractivity contribution in [1.29, 1.82) is 0 Å². The average molecular weight is 378 g/mol. The van der Waals surface area contributed by atoms with E-state index in [2.05, 4.69) is 15.2 Å². The number of carbonyl (C=O) groups is 1. The summed E-state index contributed by atoms with van der Waals surface area (Å²) in [5, 5.41) is 5.63. The lowest BCUT2D eigenvalue weighted by Gasteiger charge is -2.16. The summed E-state index contributed by atoms with van der Waals surface area (Å²) in [6, 6.07) is 5.44. The summed E-state index contributed by atoms with van der Waals surface area (Å²) in [4.78, 5) is 11.5. The van der Waals surface area contributed by atoms with Crippen molar-refractivity contribution < 1.29 is 40.7 Å². The fourth-order valence-corrected chi connectivity index (χ4v) is 2.41. The number of alkyl carbamates (subject to hydrolysis) is 1. The molecule has 0 aliphatic carbocycles. The summed E-state index contributed by atoms with van der Waals surface area (Å²) >= 11 is 0. The van der Waals surface area contributed by atoms with Crippen LogP contribution in [0.2, 0.25) is 0 Å². The van der Waals surface area contributed by atoms with E-state index in [1.807, 2.05) is 0 Å². The number of carbonyl (C=O) groups excluding carboxylic acids is 1. The highest BCUT2D eigenvalue weighted by Gasteiger charge is 2.45. The van der Waals surface area contributed by atoms with Crippen LogP contribution in [0.5, 0.6) is 5.88 Å². The highest BCUT2D eigenvalue weighted by Crippen LogP contribution is 2.31. The van der Waals surface area contributed by atoms with Gasteiger partial charge in [0.1, 0.15) is 17.7 Å². The zero-order valence-corrected chi connectivity index (χ0v) is 12.8. The van der Waals surface area contributed by atoms with Gasteiger partial charge in [-0.1, -0.05) is 12.1 Å². The molecule has 1 fully saturated rings. The Labute approximate surface area is 142 Å². The molecule has 2 atom stereocenters. The van der Waals surface area contributed by atoms with Gasteiger partial charge in [-0.05, 0) is 22.9 Å². The normalized spacial score (nSPS) is 20.2. The maximum Gasteiger partial charge on any atom is 0.462 e. The van der Waals surface area contributed by atoms with Crippen molar-refractivity contribution in [3.8, 4) is 5.88 Å². The summed E-state index contributed by atoms with van der Waals surface area (Å²) in [7, 11) is 0. The van der Waals surface area contributed by atoms with Crippen LogP contribution in [0.15, 0.2) is 34.9 Å². The van der Waals surface area contributed by atoms with Gasteiger partial charge < -0.3 is 19.3 Å². The van der Waals surface area contributed by atoms with E-state index in [-0.39, 0.29) is 12.2 Å². The lowest BCUT2D eigenvalue weighted by molar-refractivity contribution is -0.255. The van der Waals surface area contributed by atoms with Gasteiger partial charge in [0.15, 0.2) is 0 Å². The number of hydrogen-bond donors (Lipinski definition) is 1. The Morgan fingerprint density at radius 3 is 2.62 bits per heavy atom. The Morgan fingerprint density at radius 2 is 1.96 bits per heavy atom. The standard InChI is InChI=1S/C15H11F5N2O4/c16-8-3-1-7(2-4-8)12-10(21-14(23)24-12)5-9-6-11(22-26-9)25-15(19,20)13(17)18/h1-4,6,10,12-13H,5H2,(H,21,23). The van der Waals surface area contributed by atoms with Crippen molar-refractivity contribution in [3.63, 3.8) is 0 Å². The van der Waals surface area contributed by atoms with E-state index in [4.69, 9.17) is 9.26 Å². The minimum atomic E-state index is -4.71. The van der Waals surface area contributed by atoms with Gasteiger partial charge in [0, 0.05) is 12.5 Å². The van der Waals surface area contributed by atoms with Crippen molar-refractivity contribution in [1.82, 2.24) is 10.5 Å². The number of alkyl halides is 4. The SMILES string of the molecule is O=C1NC(Cc2cc(OC(F)(F)C(F)F)no2)C(c2ccc(F)cc2)O1. The van der Waals surface area contributed by atoms with Gasteiger partial charge in [0.2, 0.25) is 0 Å². The molecule has 2 unspecified atom stereocenters. The number of amides is 1. The fourth-order valence-electron chi connectivity index (χ4n) is 2.41. The largest absolute Gasteiger partial charge is 0.462 e. The monoisotopic (exact) mass is 378 g/mol. The van der Waals surface area contributed by atoms with Crippen molar-refractivity contribution in [2.45, 2.75) is 31.1 Å². The van der Waals surface area contributed by atoms with E-state index < -0.39 is 42.5 Å². The van der Waals surface area contributed by atoms with Gasteiger partial charge in [0.05, 0.1) is 6.04 Å². The molecule has 2 heterocycles. The second-order valence-corrected chi connectivity index (χ2v) is 5.43. The van der Waals surface area contributed by atoms with Crippen molar-refractivity contribution in [3.05, 3.63) is 47.5 Å². The molecule has 1 saturated heterocycles. The number of rotatable bonds is 6. The minimum Gasteiger partial charge on any atom is -0.439 e. The highest BCUT2D eigenvalue weighted by atomic mass is 19.3. The van der Waals surface area contributed by atoms with Crippen molar-refractivity contribution in [2.75, 3.05) is 0 Å². The third kappa shape index (κ3) is 3.86. The second kappa shape index (κ2) is 6.81. The van der Waals surface area contributed by atoms with E-state index in [1.54, 1.807) is 0 Å². The Morgan fingerprint density at radius 1 is 1.27 bits per heavy atom. The molecule has 6 nitrogen and oxygen atoms in total. The molecule has 1 aliphatic rings. The van der Waals surface area contributed by atoms with Gasteiger partial charge in [-0.15, -0.1) is 0 Å². The number of benzene rings is 1. The van der Waals surface area contributed by atoms with Gasteiger partial charge in [0.25, 0.3) is 5.88 Å². The topological polar surface area (TPSA) is 73.6 Å². The first-order valence-corrected chi connectivity index (χ1v) is 7.28. The van der Waals surface area contributed by atoms with E-state index in [0.29, 0.717) is 5.56 Å². The van der Waals surface area contributed by atoms with Crippen LogP contribution in [0.1, 0.15) is 17.4 Å².